The Labute approximate surface area is 266 Å². The van der Waals surface area contributed by atoms with Crippen molar-refractivity contribution in [2.24, 2.45) is 11.8 Å². The summed E-state index contributed by atoms with van der Waals surface area (Å²) in [7, 11) is 0. The molecule has 0 aliphatic rings. The third-order valence-electron chi connectivity index (χ3n) is 6.62. The number of unbranched alkanes of at least 4 members (excludes halogenated alkanes) is 6. The van der Waals surface area contributed by atoms with Crippen molar-refractivity contribution >= 4 is 11.9 Å². The molecule has 8 heteroatoms. The standard InChI is InChI=1S/2C16H24O3.2Zn/c1-12(2)8-5-3-4-6-9-13-10-7-11-14(15(13)17)16(18)19;1-12(2)7-5-3-4-6-8-13-9-10-15(17)14(11-13)16(18)19;;/h7,10-12,17H,3-6,8-9H2,1-2H3,(H,18,19);9-12,17H,3-8H2,1-2H3,(H,18,19);;. The van der Waals surface area contributed by atoms with E-state index in [1.807, 2.05) is 0 Å². The number of para-hydroxylation sites is 1. The fourth-order valence-corrected chi connectivity index (χ4v) is 4.33. The van der Waals surface area contributed by atoms with Crippen molar-refractivity contribution in [1.29, 1.82) is 0 Å². The fourth-order valence-electron chi connectivity index (χ4n) is 4.33. The van der Waals surface area contributed by atoms with Gasteiger partial charge in [0.1, 0.15) is 22.6 Å². The van der Waals surface area contributed by atoms with Gasteiger partial charge in [0.2, 0.25) is 0 Å². The number of rotatable bonds is 16. The Kier molecular flexibility index (Phi) is 23.1. The second kappa shape index (κ2) is 22.9. The zero-order valence-corrected chi connectivity index (χ0v) is 31.1. The maximum absolute atomic E-state index is 10.9. The molecule has 2 rings (SSSR count). The molecule has 0 amide bonds. The van der Waals surface area contributed by atoms with Crippen LogP contribution in [0.1, 0.15) is 124 Å². The molecule has 0 saturated carbocycles. The Morgan fingerprint density at radius 3 is 1.65 bits per heavy atom. The van der Waals surface area contributed by atoms with E-state index in [0.717, 1.165) is 55.1 Å². The molecule has 0 unspecified atom stereocenters. The van der Waals surface area contributed by atoms with E-state index in [0.29, 0.717) is 0 Å². The van der Waals surface area contributed by atoms with Crippen LogP contribution in [0.4, 0.5) is 0 Å². The molecule has 0 fully saturated rings. The number of aromatic hydroxyl groups is 2. The van der Waals surface area contributed by atoms with E-state index < -0.39 is 11.9 Å². The van der Waals surface area contributed by atoms with Crippen LogP contribution in [0.15, 0.2) is 36.4 Å². The molecule has 0 heterocycles. The second-order valence-electron chi connectivity index (χ2n) is 11.0. The van der Waals surface area contributed by atoms with Crippen molar-refractivity contribution in [3.63, 3.8) is 0 Å². The van der Waals surface area contributed by atoms with Gasteiger partial charge in [0.15, 0.2) is 0 Å². The normalized spacial score (nSPS) is 10.3. The molecule has 2 aromatic carbocycles. The third kappa shape index (κ3) is 17.1. The van der Waals surface area contributed by atoms with Crippen molar-refractivity contribution in [2.75, 3.05) is 0 Å². The second-order valence-corrected chi connectivity index (χ2v) is 11.0. The van der Waals surface area contributed by atoms with E-state index in [-0.39, 0.29) is 61.6 Å². The summed E-state index contributed by atoms with van der Waals surface area (Å²) in [6.45, 7) is 8.94. The average Bonchev–Trinajstić information content (AvgIpc) is 2.85. The molecule has 2 aromatic rings. The molecule has 0 aromatic heterocycles. The number of phenols is 2. The Morgan fingerprint density at radius 2 is 1.15 bits per heavy atom. The maximum Gasteiger partial charge on any atom is 0.339 e. The van der Waals surface area contributed by atoms with Crippen LogP contribution in [0.3, 0.4) is 0 Å². The first-order valence-corrected chi connectivity index (χ1v) is 14.1. The molecule has 0 aliphatic carbocycles. The van der Waals surface area contributed by atoms with Crippen LogP contribution < -0.4 is 0 Å². The van der Waals surface area contributed by atoms with Crippen LogP contribution in [0, 0.1) is 11.8 Å². The van der Waals surface area contributed by atoms with E-state index in [9.17, 15) is 19.8 Å². The number of carbonyl (C=O) groups is 2. The van der Waals surface area contributed by atoms with Gasteiger partial charge in [-0.1, -0.05) is 97.3 Å². The topological polar surface area (TPSA) is 115 Å². The minimum absolute atomic E-state index is 0. The van der Waals surface area contributed by atoms with Gasteiger partial charge < -0.3 is 20.4 Å². The molecular formula is C32H48O6Zn2. The van der Waals surface area contributed by atoms with Crippen LogP contribution in [-0.4, -0.2) is 32.4 Å². The first-order valence-electron chi connectivity index (χ1n) is 14.1. The van der Waals surface area contributed by atoms with Crippen molar-refractivity contribution in [3.8, 4) is 11.5 Å². The molecular weight excluding hydrogens is 611 g/mol. The van der Waals surface area contributed by atoms with Gasteiger partial charge in [0, 0.05) is 39.0 Å². The Bertz CT molecular complexity index is 979. The van der Waals surface area contributed by atoms with Gasteiger partial charge in [-0.05, 0) is 66.8 Å². The van der Waals surface area contributed by atoms with Gasteiger partial charge in [0.25, 0.3) is 0 Å². The van der Waals surface area contributed by atoms with Gasteiger partial charge >= 0.3 is 11.9 Å². The Balaban J connectivity index is 0. The number of aryl methyl sites for hydroxylation is 2. The number of benzene rings is 2. The molecule has 0 saturated heterocycles. The molecule has 4 N–H and O–H groups in total. The zero-order valence-electron chi connectivity index (χ0n) is 25.1. The van der Waals surface area contributed by atoms with Crippen LogP contribution in [-0.2, 0) is 51.8 Å². The van der Waals surface area contributed by atoms with Gasteiger partial charge in [-0.3, -0.25) is 0 Å². The van der Waals surface area contributed by atoms with E-state index in [2.05, 4.69) is 27.7 Å². The predicted octanol–water partition coefficient (Wildman–Crippen LogP) is 8.47. The largest absolute Gasteiger partial charge is 0.507 e. The monoisotopic (exact) mass is 656 g/mol. The van der Waals surface area contributed by atoms with Gasteiger partial charge in [-0.15, -0.1) is 0 Å². The number of carboxylic acids is 2. The summed E-state index contributed by atoms with van der Waals surface area (Å²) >= 11 is 0. The van der Waals surface area contributed by atoms with E-state index in [1.165, 1.54) is 57.1 Å². The smallest absolute Gasteiger partial charge is 0.339 e. The molecule has 0 spiro atoms. The predicted molar refractivity (Wildman–Crippen MR) is 153 cm³/mol. The SMILES string of the molecule is CC(C)CCCCCCc1ccc(O)c(C(=O)O)c1.CC(C)CCCCCCc1cccc(C(=O)O)c1O.[Zn].[Zn]. The van der Waals surface area contributed by atoms with Crippen LogP contribution >= 0.6 is 0 Å². The fraction of sp³-hybridized carbons (Fsp3) is 0.562. The molecule has 0 atom stereocenters. The minimum atomic E-state index is -1.07. The minimum Gasteiger partial charge on any atom is -0.507 e. The molecule has 6 nitrogen and oxygen atoms in total. The molecule has 216 valence electrons. The van der Waals surface area contributed by atoms with Gasteiger partial charge in [0.05, 0.1) is 0 Å². The van der Waals surface area contributed by atoms with Gasteiger partial charge in [-0.25, -0.2) is 9.59 Å². The summed E-state index contributed by atoms with van der Waals surface area (Å²) in [6.07, 6.45) is 13.5. The summed E-state index contributed by atoms with van der Waals surface area (Å²) in [4.78, 5) is 21.8. The molecule has 0 radical (unpaired) electrons. The molecule has 0 aliphatic heterocycles. The summed E-state index contributed by atoms with van der Waals surface area (Å²) in [5, 5.41) is 37.1. The van der Waals surface area contributed by atoms with Crippen molar-refractivity contribution in [3.05, 3.63) is 58.7 Å². The van der Waals surface area contributed by atoms with E-state index in [4.69, 9.17) is 10.2 Å². The third-order valence-corrected chi connectivity index (χ3v) is 6.62. The molecule has 0 bridgehead atoms. The van der Waals surface area contributed by atoms with Crippen LogP contribution in [0.25, 0.3) is 0 Å². The van der Waals surface area contributed by atoms with Crippen molar-refractivity contribution < 1.29 is 69.0 Å². The number of carboxylic acid groups (broad SMARTS) is 2. The average molecular weight is 660 g/mol. The number of aromatic carboxylic acids is 2. The quantitative estimate of drug-likeness (QED) is 0.106. The summed E-state index contributed by atoms with van der Waals surface area (Å²) in [5.74, 6) is -0.843. The zero-order chi connectivity index (χ0) is 28.5. The van der Waals surface area contributed by atoms with Crippen molar-refractivity contribution in [2.45, 2.75) is 105 Å². The first kappa shape index (κ1) is 40.4. The summed E-state index contributed by atoms with van der Waals surface area (Å²) < 4.78 is 0. The maximum atomic E-state index is 10.9. The first-order chi connectivity index (χ1) is 18.0. The Hall–Kier alpha value is -1.77. The van der Waals surface area contributed by atoms with Crippen molar-refractivity contribution in [1.82, 2.24) is 0 Å². The number of hydrogen-bond donors (Lipinski definition) is 4. The van der Waals surface area contributed by atoms with E-state index in [1.54, 1.807) is 24.3 Å². The number of hydrogen-bond acceptors (Lipinski definition) is 4. The van der Waals surface area contributed by atoms with Crippen LogP contribution in [0.2, 0.25) is 0 Å². The van der Waals surface area contributed by atoms with E-state index >= 15 is 0 Å². The molecule has 40 heavy (non-hydrogen) atoms. The Morgan fingerprint density at radius 1 is 0.650 bits per heavy atom. The summed E-state index contributed by atoms with van der Waals surface area (Å²) in [6, 6.07) is 9.77. The summed E-state index contributed by atoms with van der Waals surface area (Å²) in [5.41, 5.74) is 1.72. The van der Waals surface area contributed by atoms with Gasteiger partial charge in [-0.2, -0.15) is 0 Å². The van der Waals surface area contributed by atoms with Crippen LogP contribution in [0.5, 0.6) is 11.5 Å².